The lowest BCUT2D eigenvalue weighted by Crippen LogP contribution is -2.18. The lowest BCUT2D eigenvalue weighted by Gasteiger charge is -2.07. The molecule has 0 aromatic carbocycles. The number of likely N-dealkylation sites (N-methyl/N-ethyl adjacent to an activating group) is 1. The molecule has 0 amide bonds. The predicted octanol–water partition coefficient (Wildman–Crippen LogP) is -0.160. The van der Waals surface area contributed by atoms with Crippen LogP contribution in [0.25, 0.3) is 0 Å². The van der Waals surface area contributed by atoms with Gasteiger partial charge in [0.25, 0.3) is 0 Å². The first-order chi connectivity index (χ1) is 4.79. The molecule has 0 aliphatic rings. The van der Waals surface area contributed by atoms with Crippen LogP contribution in [-0.4, -0.2) is 40.5 Å². The van der Waals surface area contributed by atoms with Crippen LogP contribution in [0.15, 0.2) is 12.4 Å². The van der Waals surface area contributed by atoms with Gasteiger partial charge < -0.3 is 4.90 Å². The van der Waals surface area contributed by atoms with Crippen LogP contribution in [0.5, 0.6) is 0 Å². The Labute approximate surface area is 60.4 Å². The van der Waals surface area contributed by atoms with Gasteiger partial charge in [-0.2, -0.15) is 0 Å². The summed E-state index contributed by atoms with van der Waals surface area (Å²) in [5.41, 5.74) is 0. The van der Waals surface area contributed by atoms with Crippen molar-refractivity contribution in [2.75, 3.05) is 20.6 Å². The molecule has 0 fully saturated rings. The van der Waals surface area contributed by atoms with Crippen molar-refractivity contribution in [3.8, 4) is 0 Å². The number of aromatic nitrogens is 3. The highest BCUT2D eigenvalue weighted by atomic mass is 15.4. The van der Waals surface area contributed by atoms with E-state index in [1.807, 2.05) is 25.0 Å². The van der Waals surface area contributed by atoms with E-state index in [1.165, 1.54) is 0 Å². The Morgan fingerprint density at radius 1 is 1.50 bits per heavy atom. The molecule has 0 unspecified atom stereocenters. The van der Waals surface area contributed by atoms with Gasteiger partial charge in [-0.3, -0.25) is 4.68 Å². The lowest BCUT2D eigenvalue weighted by molar-refractivity contribution is 0.370. The van der Waals surface area contributed by atoms with Crippen LogP contribution in [0.2, 0.25) is 0 Å². The molecule has 0 N–H and O–H groups in total. The highest BCUT2D eigenvalue weighted by Crippen LogP contribution is 1.81. The van der Waals surface area contributed by atoms with Crippen molar-refractivity contribution in [1.82, 2.24) is 19.9 Å². The maximum Gasteiger partial charge on any atom is 0.0692 e. The normalized spacial score (nSPS) is 10.7. The third-order valence-electron chi connectivity index (χ3n) is 1.25. The molecule has 0 aliphatic carbocycles. The molecule has 10 heavy (non-hydrogen) atoms. The van der Waals surface area contributed by atoms with Crippen molar-refractivity contribution >= 4 is 0 Å². The van der Waals surface area contributed by atoms with Crippen LogP contribution in [0.4, 0.5) is 0 Å². The number of hydrogen-bond acceptors (Lipinski definition) is 3. The number of rotatable bonds is 3. The quantitative estimate of drug-likeness (QED) is 0.585. The molecule has 0 aliphatic heterocycles. The largest absolute Gasteiger partial charge is 0.308 e. The van der Waals surface area contributed by atoms with Crippen molar-refractivity contribution in [3.05, 3.63) is 12.4 Å². The molecule has 1 heterocycles. The monoisotopic (exact) mass is 140 g/mol. The average Bonchev–Trinajstić information content (AvgIpc) is 2.34. The minimum Gasteiger partial charge on any atom is -0.308 e. The van der Waals surface area contributed by atoms with E-state index >= 15 is 0 Å². The van der Waals surface area contributed by atoms with Crippen molar-refractivity contribution in [2.24, 2.45) is 0 Å². The van der Waals surface area contributed by atoms with Gasteiger partial charge in [-0.05, 0) is 14.1 Å². The zero-order valence-electron chi connectivity index (χ0n) is 6.36. The molecule has 0 saturated carbocycles. The Morgan fingerprint density at radius 2 is 2.30 bits per heavy atom. The van der Waals surface area contributed by atoms with E-state index in [2.05, 4.69) is 15.2 Å². The zero-order valence-corrected chi connectivity index (χ0v) is 6.36. The Hall–Kier alpha value is -0.900. The average molecular weight is 140 g/mol. The smallest absolute Gasteiger partial charge is 0.0692 e. The fourth-order valence-corrected chi connectivity index (χ4v) is 0.654. The molecule has 4 heteroatoms. The summed E-state index contributed by atoms with van der Waals surface area (Å²) in [6.45, 7) is 1.91. The molecular weight excluding hydrogens is 128 g/mol. The van der Waals surface area contributed by atoms with E-state index < -0.39 is 0 Å². The van der Waals surface area contributed by atoms with Gasteiger partial charge in [-0.1, -0.05) is 5.21 Å². The molecule has 56 valence electrons. The van der Waals surface area contributed by atoms with Crippen LogP contribution in [0.3, 0.4) is 0 Å². The van der Waals surface area contributed by atoms with Crippen LogP contribution >= 0.6 is 0 Å². The molecule has 0 atom stereocenters. The van der Waals surface area contributed by atoms with Gasteiger partial charge in [0.15, 0.2) is 0 Å². The topological polar surface area (TPSA) is 34.0 Å². The fourth-order valence-electron chi connectivity index (χ4n) is 0.654. The first-order valence-corrected chi connectivity index (χ1v) is 3.28. The van der Waals surface area contributed by atoms with E-state index in [0.29, 0.717) is 0 Å². The second-order valence-electron chi connectivity index (χ2n) is 2.47. The maximum atomic E-state index is 3.83. The maximum absolute atomic E-state index is 3.83. The van der Waals surface area contributed by atoms with E-state index in [-0.39, 0.29) is 0 Å². The number of hydrogen-bond donors (Lipinski definition) is 0. The van der Waals surface area contributed by atoms with Crippen molar-refractivity contribution in [3.63, 3.8) is 0 Å². The summed E-state index contributed by atoms with van der Waals surface area (Å²) in [6.07, 6.45) is 3.55. The van der Waals surface area contributed by atoms with Crippen LogP contribution in [-0.2, 0) is 6.54 Å². The first kappa shape index (κ1) is 7.21. The van der Waals surface area contributed by atoms with Crippen molar-refractivity contribution in [2.45, 2.75) is 6.54 Å². The van der Waals surface area contributed by atoms with Crippen LogP contribution in [0, 0.1) is 0 Å². The van der Waals surface area contributed by atoms with E-state index in [4.69, 9.17) is 0 Å². The molecule has 1 rings (SSSR count). The SMILES string of the molecule is CN(C)CCn1ccnn1. The number of nitrogens with zero attached hydrogens (tertiary/aromatic N) is 4. The van der Waals surface area contributed by atoms with Crippen molar-refractivity contribution < 1.29 is 0 Å². The van der Waals surface area contributed by atoms with E-state index in [9.17, 15) is 0 Å². The van der Waals surface area contributed by atoms with Gasteiger partial charge >= 0.3 is 0 Å². The Balaban J connectivity index is 2.28. The first-order valence-electron chi connectivity index (χ1n) is 3.28. The summed E-state index contributed by atoms with van der Waals surface area (Å²) in [7, 11) is 4.08. The Bertz CT molecular complexity index is 168. The standard InChI is InChI=1S/C6H12N4/c1-9(2)5-6-10-4-3-7-8-10/h3-4H,5-6H2,1-2H3. The minimum absolute atomic E-state index is 0.910. The van der Waals surface area contributed by atoms with Gasteiger partial charge in [0.2, 0.25) is 0 Å². The Morgan fingerprint density at radius 3 is 2.80 bits per heavy atom. The van der Waals surface area contributed by atoms with Crippen LogP contribution in [0.1, 0.15) is 0 Å². The Kier molecular flexibility index (Phi) is 2.39. The van der Waals surface area contributed by atoms with Gasteiger partial charge in [0.1, 0.15) is 0 Å². The summed E-state index contributed by atoms with van der Waals surface area (Å²) in [4.78, 5) is 2.11. The molecular formula is C6H12N4. The van der Waals surface area contributed by atoms with Gasteiger partial charge in [-0.15, -0.1) is 5.10 Å². The summed E-state index contributed by atoms with van der Waals surface area (Å²) >= 11 is 0. The molecule has 0 saturated heterocycles. The van der Waals surface area contributed by atoms with E-state index in [1.54, 1.807) is 6.20 Å². The second-order valence-corrected chi connectivity index (χ2v) is 2.47. The van der Waals surface area contributed by atoms with Gasteiger partial charge in [0, 0.05) is 12.7 Å². The predicted molar refractivity (Wildman–Crippen MR) is 38.6 cm³/mol. The summed E-state index contributed by atoms with van der Waals surface area (Å²) in [5, 5.41) is 7.52. The summed E-state index contributed by atoms with van der Waals surface area (Å²) in [6, 6.07) is 0. The highest BCUT2D eigenvalue weighted by Gasteiger charge is 1.91. The van der Waals surface area contributed by atoms with Crippen molar-refractivity contribution in [1.29, 1.82) is 0 Å². The molecule has 0 bridgehead atoms. The zero-order chi connectivity index (χ0) is 7.40. The fraction of sp³-hybridized carbons (Fsp3) is 0.667. The molecule has 0 radical (unpaired) electrons. The molecule has 0 spiro atoms. The lowest BCUT2D eigenvalue weighted by atomic mass is 10.6. The van der Waals surface area contributed by atoms with Gasteiger partial charge in [0.05, 0.1) is 12.7 Å². The van der Waals surface area contributed by atoms with Crippen LogP contribution < -0.4 is 0 Å². The summed E-state index contributed by atoms with van der Waals surface area (Å²) < 4.78 is 1.82. The van der Waals surface area contributed by atoms with Gasteiger partial charge in [-0.25, -0.2) is 0 Å². The second kappa shape index (κ2) is 3.31. The highest BCUT2D eigenvalue weighted by molar-refractivity contribution is 4.63. The van der Waals surface area contributed by atoms with E-state index in [0.717, 1.165) is 13.1 Å². The third kappa shape index (κ3) is 2.14. The molecule has 4 nitrogen and oxygen atoms in total. The third-order valence-corrected chi connectivity index (χ3v) is 1.25. The summed E-state index contributed by atoms with van der Waals surface area (Å²) in [5.74, 6) is 0. The molecule has 1 aromatic rings. The molecule has 1 aromatic heterocycles. The minimum atomic E-state index is 0.910.